The first-order valence-corrected chi connectivity index (χ1v) is 5.53. The van der Waals surface area contributed by atoms with Crippen molar-refractivity contribution < 1.29 is 9.59 Å². The molecule has 18 heavy (non-hydrogen) atoms. The molecule has 2 N–H and O–H groups in total. The first-order valence-electron chi connectivity index (χ1n) is 5.53. The molecule has 0 aliphatic carbocycles. The monoisotopic (exact) mass is 251 g/mol. The van der Waals surface area contributed by atoms with Gasteiger partial charge in [-0.25, -0.2) is 4.68 Å². The Morgan fingerprint density at radius 2 is 2.33 bits per heavy atom. The highest BCUT2D eigenvalue weighted by Crippen LogP contribution is 2.00. The number of aromatic nitrogens is 3. The fourth-order valence-electron chi connectivity index (χ4n) is 1.49. The summed E-state index contributed by atoms with van der Waals surface area (Å²) in [5, 5.41) is 13.1. The van der Waals surface area contributed by atoms with Gasteiger partial charge in [-0.1, -0.05) is 11.8 Å². The standard InChI is InChI=1S/C11H17N5O2/c1-4-13-10(11(18)12-3)5-9-7-16(15-14-9)6-8(2)17/h4,7,10,13H,1,5-6H2,2-3H3,(H,12,18). The van der Waals surface area contributed by atoms with Crippen molar-refractivity contribution in [2.75, 3.05) is 7.05 Å². The van der Waals surface area contributed by atoms with E-state index in [0.717, 1.165) is 0 Å². The number of amides is 1. The number of hydrogen-bond donors (Lipinski definition) is 2. The van der Waals surface area contributed by atoms with Crippen molar-refractivity contribution in [3.63, 3.8) is 0 Å². The summed E-state index contributed by atoms with van der Waals surface area (Å²) in [7, 11) is 1.56. The summed E-state index contributed by atoms with van der Waals surface area (Å²) in [6, 6.07) is -0.449. The highest BCUT2D eigenvalue weighted by molar-refractivity contribution is 5.81. The molecule has 0 aliphatic heterocycles. The van der Waals surface area contributed by atoms with Gasteiger partial charge in [0.15, 0.2) is 5.78 Å². The van der Waals surface area contributed by atoms with E-state index in [1.54, 1.807) is 13.2 Å². The maximum absolute atomic E-state index is 11.6. The van der Waals surface area contributed by atoms with Crippen LogP contribution in [-0.4, -0.2) is 39.8 Å². The van der Waals surface area contributed by atoms with Gasteiger partial charge in [0.25, 0.3) is 0 Å². The molecule has 0 fully saturated rings. The molecule has 0 spiro atoms. The van der Waals surface area contributed by atoms with Crippen LogP contribution in [0.2, 0.25) is 0 Å². The van der Waals surface area contributed by atoms with Crippen LogP contribution in [0.1, 0.15) is 12.6 Å². The Bertz CT molecular complexity index is 440. The number of nitrogens with zero attached hydrogens (tertiary/aromatic N) is 3. The highest BCUT2D eigenvalue weighted by atomic mass is 16.2. The van der Waals surface area contributed by atoms with Gasteiger partial charge in [-0.05, 0) is 13.1 Å². The van der Waals surface area contributed by atoms with Gasteiger partial charge in [-0.3, -0.25) is 9.59 Å². The minimum Gasteiger partial charge on any atom is -0.380 e. The van der Waals surface area contributed by atoms with E-state index in [1.807, 2.05) is 0 Å². The number of ketones is 1. The van der Waals surface area contributed by atoms with Crippen molar-refractivity contribution in [2.24, 2.45) is 0 Å². The lowest BCUT2D eigenvalue weighted by molar-refractivity contribution is -0.122. The number of carbonyl (C=O) groups is 2. The lowest BCUT2D eigenvalue weighted by Crippen LogP contribution is -2.42. The molecule has 0 saturated carbocycles. The van der Waals surface area contributed by atoms with Crippen molar-refractivity contribution in [3.8, 4) is 0 Å². The molecule has 1 heterocycles. The second-order valence-corrected chi connectivity index (χ2v) is 3.85. The molecule has 0 saturated heterocycles. The summed E-state index contributed by atoms with van der Waals surface area (Å²) in [6.45, 7) is 5.19. The molecular weight excluding hydrogens is 234 g/mol. The molecule has 0 bridgehead atoms. The summed E-state index contributed by atoms with van der Waals surface area (Å²) < 4.78 is 1.45. The Hall–Kier alpha value is -2.18. The Kier molecular flexibility index (Phi) is 5.04. The fraction of sp³-hybridized carbons (Fsp3) is 0.455. The van der Waals surface area contributed by atoms with Crippen LogP contribution in [0.25, 0.3) is 0 Å². The quantitative estimate of drug-likeness (QED) is 0.666. The first-order chi connectivity index (χ1) is 8.56. The number of carbonyl (C=O) groups excluding carboxylic acids is 2. The van der Waals surface area contributed by atoms with Crippen LogP contribution in [0.4, 0.5) is 0 Å². The second kappa shape index (κ2) is 6.53. The number of likely N-dealkylation sites (N-methyl/N-ethyl adjacent to an activating group) is 1. The fourth-order valence-corrected chi connectivity index (χ4v) is 1.49. The topological polar surface area (TPSA) is 88.9 Å². The van der Waals surface area contributed by atoms with Crippen molar-refractivity contribution in [1.82, 2.24) is 25.6 Å². The van der Waals surface area contributed by atoms with Gasteiger partial charge in [-0.2, -0.15) is 0 Å². The minimum atomic E-state index is -0.449. The van der Waals surface area contributed by atoms with Crippen molar-refractivity contribution >= 4 is 11.7 Å². The molecule has 7 heteroatoms. The average molecular weight is 251 g/mol. The number of nitrogens with one attached hydrogen (secondary N) is 2. The van der Waals surface area contributed by atoms with E-state index in [2.05, 4.69) is 27.5 Å². The summed E-state index contributed by atoms with van der Waals surface area (Å²) in [5.41, 5.74) is 0.638. The summed E-state index contributed by atoms with van der Waals surface area (Å²) in [5.74, 6) is -0.158. The van der Waals surface area contributed by atoms with Crippen molar-refractivity contribution in [1.29, 1.82) is 0 Å². The lowest BCUT2D eigenvalue weighted by Gasteiger charge is -2.13. The van der Waals surface area contributed by atoms with Crippen LogP contribution in [0.5, 0.6) is 0 Å². The Morgan fingerprint density at radius 1 is 1.61 bits per heavy atom. The Balaban J connectivity index is 2.68. The summed E-state index contributed by atoms with van der Waals surface area (Å²) in [6.07, 6.45) is 3.49. The third-order valence-corrected chi connectivity index (χ3v) is 2.27. The Morgan fingerprint density at radius 3 is 2.89 bits per heavy atom. The lowest BCUT2D eigenvalue weighted by atomic mass is 10.1. The van der Waals surface area contributed by atoms with Gasteiger partial charge >= 0.3 is 0 Å². The van der Waals surface area contributed by atoms with Crippen LogP contribution < -0.4 is 10.6 Å². The predicted molar refractivity (Wildman–Crippen MR) is 65.6 cm³/mol. The largest absolute Gasteiger partial charge is 0.380 e. The molecule has 1 atom stereocenters. The van der Waals surface area contributed by atoms with Crippen LogP contribution in [-0.2, 0) is 22.6 Å². The molecule has 1 rings (SSSR count). The van der Waals surface area contributed by atoms with Crippen molar-refractivity contribution in [2.45, 2.75) is 25.9 Å². The number of rotatable bonds is 7. The number of Topliss-reactive ketones (excluding diaryl/α,β-unsaturated/α-hetero) is 1. The van der Waals surface area contributed by atoms with Crippen LogP contribution in [0.3, 0.4) is 0 Å². The highest BCUT2D eigenvalue weighted by Gasteiger charge is 2.17. The minimum absolute atomic E-state index is 0.00137. The van der Waals surface area contributed by atoms with E-state index in [0.29, 0.717) is 12.1 Å². The second-order valence-electron chi connectivity index (χ2n) is 3.85. The van der Waals surface area contributed by atoms with Crippen molar-refractivity contribution in [3.05, 3.63) is 24.7 Å². The van der Waals surface area contributed by atoms with Gasteiger partial charge < -0.3 is 10.6 Å². The van der Waals surface area contributed by atoms with Crippen LogP contribution in [0, 0.1) is 0 Å². The summed E-state index contributed by atoms with van der Waals surface area (Å²) >= 11 is 0. The maximum Gasteiger partial charge on any atom is 0.242 e. The zero-order chi connectivity index (χ0) is 13.5. The van der Waals surface area contributed by atoms with E-state index in [1.165, 1.54) is 17.8 Å². The molecule has 0 aromatic carbocycles. The van der Waals surface area contributed by atoms with E-state index in [4.69, 9.17) is 0 Å². The maximum atomic E-state index is 11.6. The third kappa shape index (κ3) is 4.00. The molecule has 1 aromatic heterocycles. The molecule has 7 nitrogen and oxygen atoms in total. The normalized spacial score (nSPS) is 11.7. The zero-order valence-electron chi connectivity index (χ0n) is 10.5. The molecule has 1 aromatic rings. The van der Waals surface area contributed by atoms with Gasteiger partial charge in [-0.15, -0.1) is 5.10 Å². The first kappa shape index (κ1) is 13.9. The molecular formula is C11H17N5O2. The van der Waals surface area contributed by atoms with Gasteiger partial charge in [0.2, 0.25) is 5.91 Å². The van der Waals surface area contributed by atoms with E-state index in [9.17, 15) is 9.59 Å². The van der Waals surface area contributed by atoms with Crippen LogP contribution in [0.15, 0.2) is 19.0 Å². The SMILES string of the molecule is C=CNC(Cc1cn(CC(C)=O)nn1)C(=O)NC. The van der Waals surface area contributed by atoms with E-state index in [-0.39, 0.29) is 18.2 Å². The molecule has 0 radical (unpaired) electrons. The molecule has 1 unspecified atom stereocenters. The van der Waals surface area contributed by atoms with Crippen LogP contribution >= 0.6 is 0 Å². The summed E-state index contributed by atoms with van der Waals surface area (Å²) in [4.78, 5) is 22.5. The van der Waals surface area contributed by atoms with E-state index >= 15 is 0 Å². The smallest absolute Gasteiger partial charge is 0.242 e. The molecule has 98 valence electrons. The van der Waals surface area contributed by atoms with Gasteiger partial charge in [0, 0.05) is 19.7 Å². The van der Waals surface area contributed by atoms with Gasteiger partial charge in [0.05, 0.1) is 5.69 Å². The van der Waals surface area contributed by atoms with Gasteiger partial charge in [0.1, 0.15) is 12.6 Å². The predicted octanol–water partition coefficient (Wildman–Crippen LogP) is -0.743. The molecule has 0 aliphatic rings. The Labute approximate surface area is 105 Å². The average Bonchev–Trinajstić information content (AvgIpc) is 2.74. The molecule has 1 amide bonds. The number of hydrogen-bond acceptors (Lipinski definition) is 5. The zero-order valence-corrected chi connectivity index (χ0v) is 10.5. The van der Waals surface area contributed by atoms with E-state index < -0.39 is 6.04 Å². The third-order valence-electron chi connectivity index (χ3n) is 2.27.